The smallest absolute Gasteiger partial charge is 0.338 e. The Hall–Kier alpha value is -4.05. The van der Waals surface area contributed by atoms with Gasteiger partial charge in [-0.15, -0.1) is 0 Å². The number of hydrogen-bond acceptors (Lipinski definition) is 7. The summed E-state index contributed by atoms with van der Waals surface area (Å²) in [4.78, 5) is 38.8. The molecule has 1 aliphatic heterocycles. The predicted molar refractivity (Wildman–Crippen MR) is 139 cm³/mol. The van der Waals surface area contributed by atoms with Gasteiger partial charge in [-0.1, -0.05) is 54.6 Å². The Kier molecular flexibility index (Phi) is 9.21. The molecule has 0 radical (unpaired) electrons. The highest BCUT2D eigenvalue weighted by Gasteiger charge is 2.49. The number of hydrogen-bond donors (Lipinski definition) is 2. The van der Waals surface area contributed by atoms with E-state index in [9.17, 15) is 14.4 Å². The zero-order chi connectivity index (χ0) is 26.9. The van der Waals surface area contributed by atoms with E-state index in [0.717, 1.165) is 0 Å². The average Bonchev–Trinajstić information content (AvgIpc) is 2.97. The van der Waals surface area contributed by atoms with Crippen LogP contribution in [-0.2, 0) is 18.9 Å². The predicted octanol–water partition coefficient (Wildman–Crippen LogP) is 2.83. The SMILES string of the molecule is CO[C@@H]1O[C@H](CNC(=O)c2ccccc2)[C@H](OC(=O)c2ccccc2)[C@@H](OC)[C@@H]1NC(=O)c1ccccc1. The molecule has 3 aromatic carbocycles. The molecule has 9 nitrogen and oxygen atoms in total. The molecule has 38 heavy (non-hydrogen) atoms. The minimum absolute atomic E-state index is 0.000461. The van der Waals surface area contributed by atoms with Gasteiger partial charge in [0.15, 0.2) is 12.4 Å². The lowest BCUT2D eigenvalue weighted by molar-refractivity contribution is -0.257. The van der Waals surface area contributed by atoms with Crippen molar-refractivity contribution in [2.45, 2.75) is 30.6 Å². The third-order valence-corrected chi connectivity index (χ3v) is 6.24. The summed E-state index contributed by atoms with van der Waals surface area (Å²) < 4.78 is 23.4. The number of carbonyl (C=O) groups is 3. The molecular weight excluding hydrogens is 488 g/mol. The van der Waals surface area contributed by atoms with Crippen LogP contribution in [0.1, 0.15) is 31.1 Å². The highest BCUT2D eigenvalue weighted by atomic mass is 16.7. The van der Waals surface area contributed by atoms with Crippen molar-refractivity contribution in [1.29, 1.82) is 0 Å². The first-order chi connectivity index (χ1) is 18.5. The van der Waals surface area contributed by atoms with Gasteiger partial charge in [0.1, 0.15) is 18.2 Å². The molecule has 0 unspecified atom stereocenters. The van der Waals surface area contributed by atoms with Crippen LogP contribution in [0, 0.1) is 0 Å². The van der Waals surface area contributed by atoms with Crippen LogP contribution < -0.4 is 10.6 Å². The number of benzene rings is 3. The number of esters is 1. The number of rotatable bonds is 9. The first-order valence-corrected chi connectivity index (χ1v) is 12.2. The molecule has 0 bridgehead atoms. The van der Waals surface area contributed by atoms with Crippen LogP contribution in [0.4, 0.5) is 0 Å². The Bertz CT molecular complexity index is 1210. The largest absolute Gasteiger partial charge is 0.453 e. The number of carbonyl (C=O) groups excluding carboxylic acids is 3. The van der Waals surface area contributed by atoms with Gasteiger partial charge < -0.3 is 29.6 Å². The molecule has 2 N–H and O–H groups in total. The molecule has 3 aromatic rings. The molecule has 0 saturated carbocycles. The van der Waals surface area contributed by atoms with Gasteiger partial charge in [-0.2, -0.15) is 0 Å². The summed E-state index contributed by atoms with van der Waals surface area (Å²) >= 11 is 0. The molecule has 1 heterocycles. The van der Waals surface area contributed by atoms with Gasteiger partial charge in [-0.3, -0.25) is 9.59 Å². The molecule has 0 aliphatic carbocycles. The Morgan fingerprint density at radius 3 is 1.76 bits per heavy atom. The third kappa shape index (κ3) is 6.44. The summed E-state index contributed by atoms with van der Waals surface area (Å²) in [5, 5.41) is 5.73. The highest BCUT2D eigenvalue weighted by molar-refractivity contribution is 5.95. The summed E-state index contributed by atoms with van der Waals surface area (Å²) in [6.07, 6.45) is -3.63. The summed E-state index contributed by atoms with van der Waals surface area (Å²) in [6.45, 7) is -0.000461. The van der Waals surface area contributed by atoms with Crippen LogP contribution >= 0.6 is 0 Å². The minimum Gasteiger partial charge on any atom is -0.453 e. The van der Waals surface area contributed by atoms with Crippen LogP contribution in [0.3, 0.4) is 0 Å². The maximum Gasteiger partial charge on any atom is 0.338 e. The molecule has 1 saturated heterocycles. The molecular formula is C29H30N2O7. The fourth-order valence-corrected chi connectivity index (χ4v) is 4.32. The van der Waals surface area contributed by atoms with Crippen molar-refractivity contribution in [3.8, 4) is 0 Å². The lowest BCUT2D eigenvalue weighted by Gasteiger charge is -2.45. The van der Waals surface area contributed by atoms with Gasteiger partial charge in [0.2, 0.25) is 0 Å². The standard InChI is InChI=1S/C29H30N2O7/c1-35-25-23(31-27(33)20-14-8-4-9-15-20)29(36-2)37-22(18-30-26(32)19-12-6-3-7-13-19)24(25)38-28(34)21-16-10-5-11-17-21/h3-17,22-25,29H,18H2,1-2H3,(H,30,32)(H,31,33)/t22-,23+,24+,25+,29-/m1/s1. The van der Waals surface area contributed by atoms with E-state index in [1.165, 1.54) is 14.2 Å². The number of methoxy groups -OCH3 is 2. The lowest BCUT2D eigenvalue weighted by atomic mass is 9.95. The van der Waals surface area contributed by atoms with E-state index >= 15 is 0 Å². The van der Waals surface area contributed by atoms with E-state index in [4.69, 9.17) is 18.9 Å². The minimum atomic E-state index is -0.990. The molecule has 1 aliphatic rings. The monoisotopic (exact) mass is 518 g/mol. The maximum atomic E-state index is 13.0. The zero-order valence-corrected chi connectivity index (χ0v) is 21.1. The van der Waals surface area contributed by atoms with Crippen LogP contribution in [0.2, 0.25) is 0 Å². The molecule has 198 valence electrons. The number of nitrogens with one attached hydrogen (secondary N) is 2. The molecule has 0 aromatic heterocycles. The zero-order valence-electron chi connectivity index (χ0n) is 21.1. The Balaban J connectivity index is 1.58. The van der Waals surface area contributed by atoms with Crippen molar-refractivity contribution in [3.63, 3.8) is 0 Å². The van der Waals surface area contributed by atoms with E-state index in [1.807, 2.05) is 12.1 Å². The van der Waals surface area contributed by atoms with Gasteiger partial charge in [0, 0.05) is 31.9 Å². The number of ether oxygens (including phenoxy) is 4. The van der Waals surface area contributed by atoms with Gasteiger partial charge in [0.05, 0.1) is 5.56 Å². The summed E-state index contributed by atoms with van der Waals surface area (Å²) in [7, 11) is 2.89. The summed E-state index contributed by atoms with van der Waals surface area (Å²) in [5.74, 6) is -1.28. The van der Waals surface area contributed by atoms with Gasteiger partial charge >= 0.3 is 5.97 Å². The molecule has 2 amide bonds. The van der Waals surface area contributed by atoms with Crippen molar-refractivity contribution < 1.29 is 33.3 Å². The summed E-state index contributed by atoms with van der Waals surface area (Å²) in [5.41, 5.74) is 1.25. The quantitative estimate of drug-likeness (QED) is 0.419. The van der Waals surface area contributed by atoms with Gasteiger partial charge in [-0.25, -0.2) is 4.79 Å². The van der Waals surface area contributed by atoms with E-state index in [1.54, 1.807) is 78.9 Å². The fourth-order valence-electron chi connectivity index (χ4n) is 4.32. The first kappa shape index (κ1) is 27.0. The molecule has 1 fully saturated rings. The van der Waals surface area contributed by atoms with Gasteiger partial charge in [-0.05, 0) is 36.4 Å². The van der Waals surface area contributed by atoms with Crippen LogP contribution in [0.5, 0.6) is 0 Å². The van der Waals surface area contributed by atoms with E-state index < -0.39 is 36.6 Å². The fraction of sp³-hybridized carbons (Fsp3) is 0.276. The normalized spacial score (nSPS) is 22.7. The highest BCUT2D eigenvalue weighted by Crippen LogP contribution is 2.27. The maximum absolute atomic E-state index is 13.0. The van der Waals surface area contributed by atoms with Crippen LogP contribution in [-0.4, -0.2) is 69.2 Å². The van der Waals surface area contributed by atoms with Crippen LogP contribution in [0.15, 0.2) is 91.0 Å². The van der Waals surface area contributed by atoms with Crippen molar-refractivity contribution >= 4 is 17.8 Å². The van der Waals surface area contributed by atoms with Crippen LogP contribution in [0.25, 0.3) is 0 Å². The molecule has 9 heteroatoms. The second-order valence-corrected chi connectivity index (χ2v) is 8.66. The lowest BCUT2D eigenvalue weighted by Crippen LogP contribution is -2.66. The van der Waals surface area contributed by atoms with Crippen molar-refractivity contribution in [3.05, 3.63) is 108 Å². The Labute approximate surface area is 221 Å². The molecule has 0 spiro atoms. The second-order valence-electron chi connectivity index (χ2n) is 8.66. The number of amides is 2. The Morgan fingerprint density at radius 1 is 0.711 bits per heavy atom. The van der Waals surface area contributed by atoms with Crippen molar-refractivity contribution in [2.24, 2.45) is 0 Å². The third-order valence-electron chi connectivity index (χ3n) is 6.24. The van der Waals surface area contributed by atoms with Crippen molar-refractivity contribution in [2.75, 3.05) is 20.8 Å². The second kappa shape index (κ2) is 13.0. The van der Waals surface area contributed by atoms with Gasteiger partial charge in [0.25, 0.3) is 11.8 Å². The molecule has 5 atom stereocenters. The Morgan fingerprint density at radius 2 is 1.24 bits per heavy atom. The molecule has 4 rings (SSSR count). The average molecular weight is 519 g/mol. The van der Waals surface area contributed by atoms with E-state index in [-0.39, 0.29) is 18.4 Å². The van der Waals surface area contributed by atoms with Crippen molar-refractivity contribution in [1.82, 2.24) is 10.6 Å². The van der Waals surface area contributed by atoms with E-state index in [0.29, 0.717) is 16.7 Å². The summed E-state index contributed by atoms with van der Waals surface area (Å²) in [6, 6.07) is 25.1. The topological polar surface area (TPSA) is 112 Å². The first-order valence-electron chi connectivity index (χ1n) is 12.2. The van der Waals surface area contributed by atoms with E-state index in [2.05, 4.69) is 10.6 Å².